The van der Waals surface area contributed by atoms with Crippen molar-refractivity contribution in [3.8, 4) is 0 Å². The van der Waals surface area contributed by atoms with Crippen LogP contribution in [-0.4, -0.2) is 40.8 Å². The number of ketones is 1. The minimum absolute atomic E-state index is 0.0666. The van der Waals surface area contributed by atoms with E-state index >= 15 is 0 Å². The lowest BCUT2D eigenvalue weighted by atomic mass is 9.98. The molecule has 17 heavy (non-hydrogen) atoms. The molecule has 1 N–H and O–H groups in total. The largest absolute Gasteiger partial charge is 0.396 e. The van der Waals surface area contributed by atoms with Gasteiger partial charge < -0.3 is 10.0 Å². The Morgan fingerprint density at radius 2 is 2.12 bits per heavy atom. The molecule has 0 bridgehead atoms. The number of rotatable bonds is 3. The molecule has 5 heteroatoms. The first-order chi connectivity index (χ1) is 8.20. The van der Waals surface area contributed by atoms with E-state index in [9.17, 15) is 4.79 Å². The van der Waals surface area contributed by atoms with Crippen molar-refractivity contribution in [1.82, 2.24) is 10.2 Å². The van der Waals surface area contributed by atoms with Crippen LogP contribution < -0.4 is 4.90 Å². The summed E-state index contributed by atoms with van der Waals surface area (Å²) in [5.74, 6) is 1.16. The second kappa shape index (κ2) is 5.23. The van der Waals surface area contributed by atoms with Crippen molar-refractivity contribution in [2.75, 3.05) is 24.6 Å². The van der Waals surface area contributed by atoms with Crippen molar-refractivity contribution in [1.29, 1.82) is 0 Å². The van der Waals surface area contributed by atoms with Crippen LogP contribution in [0.1, 0.15) is 30.3 Å². The summed E-state index contributed by atoms with van der Waals surface area (Å²) in [7, 11) is 0. The van der Waals surface area contributed by atoms with Gasteiger partial charge in [0.2, 0.25) is 0 Å². The number of aliphatic hydroxyl groups is 1. The first-order valence-electron chi connectivity index (χ1n) is 5.91. The summed E-state index contributed by atoms with van der Waals surface area (Å²) in [6.45, 7) is 3.53. The van der Waals surface area contributed by atoms with Gasteiger partial charge in [0.1, 0.15) is 5.69 Å². The number of aliphatic hydroxyl groups excluding tert-OH is 1. The Balaban J connectivity index is 2.01. The smallest absolute Gasteiger partial charge is 0.180 e. The zero-order chi connectivity index (χ0) is 12.3. The number of aromatic nitrogens is 2. The van der Waals surface area contributed by atoms with Crippen LogP contribution in [-0.2, 0) is 0 Å². The fourth-order valence-corrected chi connectivity index (χ4v) is 2.03. The molecule has 5 nitrogen and oxygen atoms in total. The van der Waals surface area contributed by atoms with Crippen molar-refractivity contribution in [2.45, 2.75) is 19.8 Å². The van der Waals surface area contributed by atoms with E-state index in [-0.39, 0.29) is 12.4 Å². The molecule has 0 amide bonds. The highest BCUT2D eigenvalue weighted by Gasteiger charge is 2.19. The van der Waals surface area contributed by atoms with Gasteiger partial charge in [-0.1, -0.05) is 0 Å². The number of hydrogen-bond donors (Lipinski definition) is 1. The van der Waals surface area contributed by atoms with E-state index in [0.29, 0.717) is 11.6 Å². The van der Waals surface area contributed by atoms with Crippen LogP contribution in [0.15, 0.2) is 12.1 Å². The summed E-state index contributed by atoms with van der Waals surface area (Å²) in [6, 6.07) is 3.55. The molecule has 2 rings (SSSR count). The fraction of sp³-hybridized carbons (Fsp3) is 0.583. The minimum Gasteiger partial charge on any atom is -0.396 e. The summed E-state index contributed by atoms with van der Waals surface area (Å²) in [5, 5.41) is 17.0. The molecule has 1 aromatic heterocycles. The SMILES string of the molecule is CC(=O)c1ccc(N2CCC(CO)CC2)nn1. The maximum atomic E-state index is 11.1. The van der Waals surface area contributed by atoms with Gasteiger partial charge in [-0.25, -0.2) is 0 Å². The molecule has 0 atom stereocenters. The standard InChI is InChI=1S/C12H17N3O2/c1-9(17)11-2-3-12(14-13-11)15-6-4-10(8-16)5-7-15/h2-3,10,16H,4-8H2,1H3. The Labute approximate surface area is 100 Å². The first-order valence-corrected chi connectivity index (χ1v) is 5.91. The third-order valence-corrected chi connectivity index (χ3v) is 3.21. The van der Waals surface area contributed by atoms with Gasteiger partial charge in [-0.3, -0.25) is 4.79 Å². The van der Waals surface area contributed by atoms with E-state index < -0.39 is 0 Å². The molecular weight excluding hydrogens is 218 g/mol. The molecule has 1 fully saturated rings. The molecule has 1 saturated heterocycles. The average molecular weight is 235 g/mol. The number of Topliss-reactive ketones (excluding diaryl/α,β-unsaturated/α-hetero) is 1. The summed E-state index contributed by atoms with van der Waals surface area (Å²) in [4.78, 5) is 13.2. The number of carbonyl (C=O) groups excluding carboxylic acids is 1. The second-order valence-electron chi connectivity index (χ2n) is 4.45. The topological polar surface area (TPSA) is 66.3 Å². The molecule has 92 valence electrons. The van der Waals surface area contributed by atoms with Gasteiger partial charge in [0.15, 0.2) is 11.6 Å². The summed E-state index contributed by atoms with van der Waals surface area (Å²) in [5.41, 5.74) is 0.402. The van der Waals surface area contributed by atoms with Gasteiger partial charge in [-0.2, -0.15) is 0 Å². The summed E-state index contributed by atoms with van der Waals surface area (Å²) >= 11 is 0. The highest BCUT2D eigenvalue weighted by atomic mass is 16.3. The van der Waals surface area contributed by atoms with Crippen LogP contribution in [0.25, 0.3) is 0 Å². The number of piperidine rings is 1. The van der Waals surface area contributed by atoms with Crippen molar-refractivity contribution in [2.24, 2.45) is 5.92 Å². The molecule has 0 unspecified atom stereocenters. The number of anilines is 1. The Hall–Kier alpha value is -1.49. The molecule has 0 radical (unpaired) electrons. The van der Waals surface area contributed by atoms with E-state index in [1.807, 2.05) is 6.07 Å². The Kier molecular flexibility index (Phi) is 3.68. The summed E-state index contributed by atoms with van der Waals surface area (Å²) in [6.07, 6.45) is 1.96. The predicted octanol–water partition coefficient (Wildman–Crippen LogP) is 0.888. The van der Waals surface area contributed by atoms with E-state index in [0.717, 1.165) is 31.7 Å². The van der Waals surface area contributed by atoms with Gasteiger partial charge >= 0.3 is 0 Å². The lowest BCUT2D eigenvalue weighted by Gasteiger charge is -2.31. The highest BCUT2D eigenvalue weighted by molar-refractivity contribution is 5.91. The van der Waals surface area contributed by atoms with E-state index in [2.05, 4.69) is 15.1 Å². The predicted molar refractivity (Wildman–Crippen MR) is 64.1 cm³/mol. The molecule has 0 aliphatic carbocycles. The monoisotopic (exact) mass is 235 g/mol. The van der Waals surface area contributed by atoms with Crippen molar-refractivity contribution in [3.63, 3.8) is 0 Å². The maximum absolute atomic E-state index is 11.1. The lowest BCUT2D eigenvalue weighted by Crippen LogP contribution is -2.35. The first kappa shape index (κ1) is 12.0. The highest BCUT2D eigenvalue weighted by Crippen LogP contribution is 2.20. The molecular formula is C12H17N3O2. The Bertz CT molecular complexity index is 383. The van der Waals surface area contributed by atoms with Gasteiger partial charge in [-0.05, 0) is 30.9 Å². The zero-order valence-corrected chi connectivity index (χ0v) is 9.96. The minimum atomic E-state index is -0.0666. The van der Waals surface area contributed by atoms with Gasteiger partial charge in [0.05, 0.1) is 0 Å². The van der Waals surface area contributed by atoms with Gasteiger partial charge in [0.25, 0.3) is 0 Å². The van der Waals surface area contributed by atoms with Crippen molar-refractivity contribution in [3.05, 3.63) is 17.8 Å². The van der Waals surface area contributed by atoms with E-state index in [4.69, 9.17) is 5.11 Å². The quantitative estimate of drug-likeness (QED) is 0.788. The molecule has 0 spiro atoms. The van der Waals surface area contributed by atoms with E-state index in [1.54, 1.807) is 6.07 Å². The van der Waals surface area contributed by atoms with E-state index in [1.165, 1.54) is 6.92 Å². The number of carbonyl (C=O) groups is 1. The third-order valence-electron chi connectivity index (χ3n) is 3.21. The van der Waals surface area contributed by atoms with Crippen LogP contribution in [0.4, 0.5) is 5.82 Å². The molecule has 0 saturated carbocycles. The van der Waals surface area contributed by atoms with Crippen molar-refractivity contribution >= 4 is 11.6 Å². The summed E-state index contributed by atoms with van der Waals surface area (Å²) < 4.78 is 0. The molecule has 1 aromatic rings. The van der Waals surface area contributed by atoms with Crippen molar-refractivity contribution < 1.29 is 9.90 Å². The normalized spacial score (nSPS) is 17.2. The second-order valence-corrected chi connectivity index (χ2v) is 4.45. The average Bonchev–Trinajstić information content (AvgIpc) is 2.39. The Morgan fingerprint density at radius 3 is 2.59 bits per heavy atom. The van der Waals surface area contributed by atoms with Crippen LogP contribution in [0.2, 0.25) is 0 Å². The number of hydrogen-bond acceptors (Lipinski definition) is 5. The zero-order valence-electron chi connectivity index (χ0n) is 9.96. The molecule has 1 aliphatic heterocycles. The van der Waals surface area contributed by atoms with Crippen LogP contribution in [0.5, 0.6) is 0 Å². The van der Waals surface area contributed by atoms with Crippen LogP contribution in [0.3, 0.4) is 0 Å². The molecule has 0 aromatic carbocycles. The van der Waals surface area contributed by atoms with Crippen LogP contribution in [0, 0.1) is 5.92 Å². The van der Waals surface area contributed by atoms with Gasteiger partial charge in [-0.15, -0.1) is 10.2 Å². The van der Waals surface area contributed by atoms with Crippen LogP contribution >= 0.6 is 0 Å². The fourth-order valence-electron chi connectivity index (χ4n) is 2.03. The molecule has 2 heterocycles. The maximum Gasteiger partial charge on any atom is 0.180 e. The molecule has 1 aliphatic rings. The lowest BCUT2D eigenvalue weighted by molar-refractivity contribution is 0.101. The van der Waals surface area contributed by atoms with Gasteiger partial charge in [0, 0.05) is 26.6 Å². The Morgan fingerprint density at radius 1 is 1.41 bits per heavy atom. The third kappa shape index (κ3) is 2.79. The number of nitrogens with zero attached hydrogens (tertiary/aromatic N) is 3.